The molecule has 0 aromatic heterocycles. The zero-order valence-corrected chi connectivity index (χ0v) is 16.0. The number of allylic oxidation sites excluding steroid dienone is 1. The lowest BCUT2D eigenvalue weighted by atomic mass is 9.97. The first-order valence-electron chi connectivity index (χ1n) is 9.51. The van der Waals surface area contributed by atoms with Crippen LogP contribution in [0.2, 0.25) is 0 Å². The van der Waals surface area contributed by atoms with Gasteiger partial charge in [-0.15, -0.1) is 0 Å². The molecule has 1 heteroatoms. The van der Waals surface area contributed by atoms with E-state index in [1.165, 1.54) is 32.7 Å². The van der Waals surface area contributed by atoms with E-state index >= 15 is 0 Å². The summed E-state index contributed by atoms with van der Waals surface area (Å²) in [5.41, 5.74) is 3.64. The fourth-order valence-electron chi connectivity index (χ4n) is 3.59. The second kappa shape index (κ2) is 8.46. The van der Waals surface area contributed by atoms with Gasteiger partial charge in [-0.3, -0.25) is 0 Å². The van der Waals surface area contributed by atoms with Crippen molar-refractivity contribution in [3.05, 3.63) is 108 Å². The Kier molecular flexibility index (Phi) is 5.41. The largest absolute Gasteiger partial charge is 0.505 e. The van der Waals surface area contributed by atoms with Crippen LogP contribution in [-0.4, -0.2) is 7.11 Å². The van der Waals surface area contributed by atoms with Gasteiger partial charge in [-0.2, -0.15) is 0 Å². The van der Waals surface area contributed by atoms with Crippen molar-refractivity contribution in [1.29, 1.82) is 0 Å². The van der Waals surface area contributed by atoms with Crippen LogP contribution in [0.4, 0.5) is 0 Å². The summed E-state index contributed by atoms with van der Waals surface area (Å²) < 4.78 is 5.01. The van der Waals surface area contributed by atoms with Gasteiger partial charge in [-0.25, -0.2) is 0 Å². The Morgan fingerprint density at radius 2 is 1.46 bits per heavy atom. The molecule has 0 atom stereocenters. The maximum absolute atomic E-state index is 5.01. The molecule has 0 fully saturated rings. The van der Waals surface area contributed by atoms with Gasteiger partial charge in [0.1, 0.15) is 0 Å². The van der Waals surface area contributed by atoms with Gasteiger partial charge in [-0.1, -0.05) is 84.6 Å². The normalized spacial score (nSPS) is 10.9. The Morgan fingerprint density at radius 3 is 2.29 bits per heavy atom. The Labute approximate surface area is 166 Å². The molecule has 4 aromatic carbocycles. The van der Waals surface area contributed by atoms with Crippen LogP contribution >= 0.6 is 0 Å². The molecule has 136 valence electrons. The average Bonchev–Trinajstić information content (AvgIpc) is 2.75. The highest BCUT2D eigenvalue weighted by molar-refractivity contribution is 6.09. The monoisotopic (exact) mass is 362 g/mol. The summed E-state index contributed by atoms with van der Waals surface area (Å²) in [5, 5.41) is 4.98. The molecule has 0 aliphatic rings. The number of methoxy groups -OCH3 is 1. The van der Waals surface area contributed by atoms with Crippen molar-refractivity contribution < 1.29 is 4.74 Å². The number of fused-ring (bicyclic) bond motifs is 3. The van der Waals surface area contributed by atoms with Crippen LogP contribution < -0.4 is 0 Å². The molecule has 1 nitrogen and oxygen atoms in total. The number of ether oxygens (including phenoxy) is 1. The van der Waals surface area contributed by atoms with Crippen LogP contribution in [0, 0.1) is 11.8 Å². The summed E-state index contributed by atoms with van der Waals surface area (Å²) in [5.74, 6) is 6.83. The van der Waals surface area contributed by atoms with Gasteiger partial charge >= 0.3 is 0 Å². The molecule has 0 aliphatic carbocycles. The minimum Gasteiger partial charge on any atom is -0.505 e. The van der Waals surface area contributed by atoms with E-state index in [2.05, 4.69) is 90.7 Å². The van der Waals surface area contributed by atoms with Gasteiger partial charge < -0.3 is 4.74 Å². The molecule has 0 radical (unpaired) electrons. The van der Waals surface area contributed by atoms with Crippen LogP contribution in [0.25, 0.3) is 21.5 Å². The van der Waals surface area contributed by atoms with Gasteiger partial charge in [0, 0.05) is 12.0 Å². The molecule has 0 saturated carbocycles. The van der Waals surface area contributed by atoms with Crippen LogP contribution in [0.15, 0.2) is 91.2 Å². The average molecular weight is 362 g/mol. The van der Waals surface area contributed by atoms with Crippen LogP contribution in [0.3, 0.4) is 0 Å². The Morgan fingerprint density at radius 1 is 0.786 bits per heavy atom. The standard InChI is InChI=1S/C27H22O/c1-28-19-9-15-22-11-3-2-10-21(22)13-8-14-24-20-23-12-4-5-16-25(23)27-18-7-6-17-26(24)27/h2-7,9-12,16-20H,13,15H2,1H3/b19-9+. The molecule has 28 heavy (non-hydrogen) atoms. The number of rotatable bonds is 4. The molecule has 0 saturated heterocycles. The molecule has 0 amide bonds. The van der Waals surface area contributed by atoms with Crippen molar-refractivity contribution in [2.24, 2.45) is 0 Å². The van der Waals surface area contributed by atoms with Crippen molar-refractivity contribution >= 4 is 21.5 Å². The van der Waals surface area contributed by atoms with E-state index in [0.717, 1.165) is 18.4 Å². The summed E-state index contributed by atoms with van der Waals surface area (Å²) in [4.78, 5) is 0. The van der Waals surface area contributed by atoms with E-state index in [4.69, 9.17) is 4.74 Å². The van der Waals surface area contributed by atoms with Gasteiger partial charge in [0.25, 0.3) is 0 Å². The highest BCUT2D eigenvalue weighted by Crippen LogP contribution is 2.28. The lowest BCUT2D eigenvalue weighted by Gasteiger charge is -2.06. The van der Waals surface area contributed by atoms with Crippen molar-refractivity contribution in [2.75, 3.05) is 7.11 Å². The first-order valence-corrected chi connectivity index (χ1v) is 9.51. The summed E-state index contributed by atoms with van der Waals surface area (Å²) in [6.45, 7) is 0. The molecule has 0 unspecified atom stereocenters. The minimum absolute atomic E-state index is 0.734. The Bertz CT molecular complexity index is 1210. The lowest BCUT2D eigenvalue weighted by molar-refractivity contribution is 0.337. The smallest absolute Gasteiger partial charge is 0.0788 e. The summed E-state index contributed by atoms with van der Waals surface area (Å²) in [6.07, 6.45) is 5.34. The summed E-state index contributed by atoms with van der Waals surface area (Å²) in [6, 6.07) is 27.7. The second-order valence-electron chi connectivity index (χ2n) is 6.75. The number of benzene rings is 4. The third-order valence-corrected chi connectivity index (χ3v) is 4.96. The fraction of sp³-hybridized carbons (Fsp3) is 0.111. The maximum atomic E-state index is 5.01. The van der Waals surface area contributed by atoms with E-state index in [1.54, 1.807) is 13.4 Å². The summed E-state index contributed by atoms with van der Waals surface area (Å²) >= 11 is 0. The molecule has 0 N–H and O–H groups in total. The quantitative estimate of drug-likeness (QED) is 0.235. The van der Waals surface area contributed by atoms with Gasteiger partial charge in [0.15, 0.2) is 0 Å². The van der Waals surface area contributed by atoms with Crippen molar-refractivity contribution in [1.82, 2.24) is 0 Å². The van der Waals surface area contributed by atoms with E-state index in [9.17, 15) is 0 Å². The van der Waals surface area contributed by atoms with Gasteiger partial charge in [0.2, 0.25) is 0 Å². The highest BCUT2D eigenvalue weighted by atomic mass is 16.5. The van der Waals surface area contributed by atoms with Crippen LogP contribution in [0.1, 0.15) is 16.7 Å². The number of hydrogen-bond donors (Lipinski definition) is 0. The number of hydrogen-bond acceptors (Lipinski definition) is 1. The predicted molar refractivity (Wildman–Crippen MR) is 118 cm³/mol. The van der Waals surface area contributed by atoms with Gasteiger partial charge in [0.05, 0.1) is 13.4 Å². The van der Waals surface area contributed by atoms with E-state index in [0.29, 0.717) is 0 Å². The van der Waals surface area contributed by atoms with Crippen molar-refractivity contribution in [2.45, 2.75) is 12.8 Å². The molecule has 0 bridgehead atoms. The molecule has 4 rings (SSSR count). The Balaban J connectivity index is 1.69. The lowest BCUT2D eigenvalue weighted by Crippen LogP contribution is -1.91. The summed E-state index contributed by atoms with van der Waals surface area (Å²) in [7, 11) is 1.67. The Hall–Kier alpha value is -3.50. The van der Waals surface area contributed by atoms with E-state index < -0.39 is 0 Å². The molecule has 0 heterocycles. The zero-order valence-electron chi connectivity index (χ0n) is 16.0. The first kappa shape index (κ1) is 17.9. The highest BCUT2D eigenvalue weighted by Gasteiger charge is 2.04. The van der Waals surface area contributed by atoms with Crippen molar-refractivity contribution in [3.63, 3.8) is 0 Å². The second-order valence-corrected chi connectivity index (χ2v) is 6.75. The van der Waals surface area contributed by atoms with Gasteiger partial charge in [-0.05, 0) is 51.2 Å². The predicted octanol–water partition coefficient (Wildman–Crippen LogP) is 6.29. The third-order valence-electron chi connectivity index (χ3n) is 4.96. The molecule has 0 aliphatic heterocycles. The fourth-order valence-corrected chi connectivity index (χ4v) is 3.59. The molecule has 0 spiro atoms. The first-order chi connectivity index (χ1) is 13.9. The van der Waals surface area contributed by atoms with Crippen LogP contribution in [-0.2, 0) is 17.6 Å². The third kappa shape index (κ3) is 3.77. The SMILES string of the molecule is CO/C=C/Cc1ccccc1CC#Cc1cc2ccccc2c2ccccc12. The van der Waals surface area contributed by atoms with E-state index in [1.807, 2.05) is 6.08 Å². The maximum Gasteiger partial charge on any atom is 0.0788 e. The molecular weight excluding hydrogens is 340 g/mol. The topological polar surface area (TPSA) is 9.23 Å². The van der Waals surface area contributed by atoms with Crippen LogP contribution in [0.5, 0.6) is 0 Å². The molecular formula is C27H22O. The zero-order chi connectivity index (χ0) is 19.2. The minimum atomic E-state index is 0.734. The molecule has 4 aromatic rings. The van der Waals surface area contributed by atoms with Crippen molar-refractivity contribution in [3.8, 4) is 11.8 Å². The van der Waals surface area contributed by atoms with E-state index in [-0.39, 0.29) is 0 Å².